The van der Waals surface area contributed by atoms with Gasteiger partial charge in [0.1, 0.15) is 0 Å². The zero-order valence-corrected chi connectivity index (χ0v) is 12.0. The van der Waals surface area contributed by atoms with Crippen LogP contribution in [0.2, 0.25) is 0 Å². The smallest absolute Gasteiger partial charge is 0.549 e. The predicted molar refractivity (Wildman–Crippen MR) is 48.6 cm³/mol. The summed E-state index contributed by atoms with van der Waals surface area (Å²) in [5.74, 6) is -2.70. The molecule has 2 unspecified atom stereocenters. The van der Waals surface area contributed by atoms with Crippen molar-refractivity contribution < 1.29 is 49.0 Å². The number of Topliss-reactive ketones (excluding diaryl/α,β-unsaturated/α-hetero) is 2. The first-order chi connectivity index (χ1) is 6.72. The summed E-state index contributed by atoms with van der Waals surface area (Å²) in [4.78, 5) is 34.8. The van der Waals surface area contributed by atoms with Crippen molar-refractivity contribution in [2.24, 2.45) is 16.2 Å². The average Bonchev–Trinajstić information content (AvgIpc) is 2.39. The van der Waals surface area contributed by atoms with Crippen LogP contribution in [0.15, 0.2) is 0 Å². The van der Waals surface area contributed by atoms with Gasteiger partial charge < -0.3 is 9.90 Å². The van der Waals surface area contributed by atoms with Crippen LogP contribution < -0.4 is 34.7 Å². The molecule has 0 aliphatic heterocycles. The third kappa shape index (κ3) is 1.03. The number of rotatable bonds is 1. The third-order valence-corrected chi connectivity index (χ3v) is 4.89. The molecule has 2 atom stereocenters. The number of aliphatic carboxylic acids is 1. The van der Waals surface area contributed by atoms with E-state index in [1.54, 1.807) is 20.8 Å². The van der Waals surface area contributed by atoms with Crippen LogP contribution >= 0.6 is 0 Å². The quantitative estimate of drug-likeness (QED) is 0.270. The first-order valence-corrected chi connectivity index (χ1v) is 5.02. The van der Waals surface area contributed by atoms with E-state index in [2.05, 4.69) is 0 Å². The van der Waals surface area contributed by atoms with E-state index >= 15 is 0 Å². The maximum Gasteiger partial charge on any atom is 1.00 e. The normalized spacial score (nSPS) is 39.7. The molecule has 0 aromatic carbocycles. The number of carboxylic acids is 1. The van der Waals surface area contributed by atoms with Gasteiger partial charge >= 0.3 is 29.6 Å². The van der Waals surface area contributed by atoms with Gasteiger partial charge in [0.25, 0.3) is 0 Å². The van der Waals surface area contributed by atoms with Crippen molar-refractivity contribution in [3.8, 4) is 0 Å². The summed E-state index contributed by atoms with van der Waals surface area (Å²) >= 11 is 0. The molecular weight excluding hydrogens is 219 g/mol. The minimum atomic E-state index is -1.58. The maximum atomic E-state index is 11.8. The Morgan fingerprint density at radius 1 is 1.12 bits per heavy atom. The van der Waals surface area contributed by atoms with Crippen LogP contribution in [0, 0.1) is 16.2 Å². The molecule has 0 spiro atoms. The van der Waals surface area contributed by atoms with Gasteiger partial charge in [-0.15, -0.1) is 0 Å². The molecule has 82 valence electrons. The van der Waals surface area contributed by atoms with E-state index in [0.29, 0.717) is 6.42 Å². The van der Waals surface area contributed by atoms with Gasteiger partial charge in [-0.1, -0.05) is 20.8 Å². The second kappa shape index (κ2) is 3.40. The van der Waals surface area contributed by atoms with E-state index in [0.717, 1.165) is 0 Å². The van der Waals surface area contributed by atoms with Crippen LogP contribution in [0.3, 0.4) is 0 Å². The summed E-state index contributed by atoms with van der Waals surface area (Å²) < 4.78 is 0. The zero-order valence-electron chi connectivity index (χ0n) is 10.0. The Hall–Kier alpha value is -0.190. The van der Waals surface area contributed by atoms with E-state index in [9.17, 15) is 19.5 Å². The molecule has 2 bridgehead atoms. The van der Waals surface area contributed by atoms with E-state index < -0.39 is 33.8 Å². The number of hydrogen-bond acceptors (Lipinski definition) is 4. The minimum absolute atomic E-state index is 0. The molecule has 16 heavy (non-hydrogen) atoms. The molecule has 4 nitrogen and oxygen atoms in total. The molecule has 0 amide bonds. The van der Waals surface area contributed by atoms with Crippen molar-refractivity contribution >= 4 is 17.5 Å². The Kier molecular flexibility index (Phi) is 2.95. The fourth-order valence-electron chi connectivity index (χ4n) is 3.22. The van der Waals surface area contributed by atoms with Gasteiger partial charge in [0, 0.05) is 5.41 Å². The number of carbonyl (C=O) groups excluding carboxylic acids is 3. The summed E-state index contributed by atoms with van der Waals surface area (Å²) in [6.07, 6.45) is 0.683. The van der Waals surface area contributed by atoms with Gasteiger partial charge in [0.05, 0.1) is 11.4 Å². The molecule has 0 aromatic heterocycles. The predicted octanol–water partition coefficient (Wildman–Crippen LogP) is -3.30. The SMILES string of the molecule is CC12CCC(C(=O)[O-])(C(=O)C1=O)C2(C)C.[Na+]. The van der Waals surface area contributed by atoms with Crippen molar-refractivity contribution in [3.63, 3.8) is 0 Å². The van der Waals surface area contributed by atoms with E-state index in [-0.39, 0.29) is 36.0 Å². The van der Waals surface area contributed by atoms with Crippen molar-refractivity contribution in [1.82, 2.24) is 0 Å². The number of fused-ring (bicyclic) bond motifs is 2. The number of ketones is 2. The molecule has 2 saturated carbocycles. The van der Waals surface area contributed by atoms with E-state index in [4.69, 9.17) is 0 Å². The van der Waals surface area contributed by atoms with Crippen LogP contribution in [-0.2, 0) is 14.4 Å². The number of carbonyl (C=O) groups is 3. The van der Waals surface area contributed by atoms with E-state index in [1.165, 1.54) is 0 Å². The van der Waals surface area contributed by atoms with Crippen molar-refractivity contribution in [2.45, 2.75) is 33.6 Å². The van der Waals surface area contributed by atoms with Crippen molar-refractivity contribution in [3.05, 3.63) is 0 Å². The molecule has 2 fully saturated rings. The van der Waals surface area contributed by atoms with Gasteiger partial charge in [-0.05, 0) is 18.3 Å². The van der Waals surface area contributed by atoms with Crippen LogP contribution in [0.5, 0.6) is 0 Å². The zero-order chi connectivity index (χ0) is 11.6. The van der Waals surface area contributed by atoms with Gasteiger partial charge in [0.15, 0.2) is 0 Å². The van der Waals surface area contributed by atoms with Crippen molar-refractivity contribution in [1.29, 1.82) is 0 Å². The summed E-state index contributed by atoms with van der Waals surface area (Å²) in [6, 6.07) is 0. The second-order valence-corrected chi connectivity index (χ2v) is 5.31. The molecule has 0 radical (unpaired) electrons. The van der Waals surface area contributed by atoms with Gasteiger partial charge in [-0.2, -0.15) is 0 Å². The fraction of sp³-hybridized carbons (Fsp3) is 0.727. The Morgan fingerprint density at radius 3 is 1.88 bits per heavy atom. The molecule has 0 heterocycles. The molecular formula is C11H13NaO4. The number of carboxylic acid groups (broad SMARTS) is 1. The van der Waals surface area contributed by atoms with Crippen LogP contribution in [0.4, 0.5) is 0 Å². The third-order valence-electron chi connectivity index (χ3n) is 4.89. The Labute approximate surface area is 116 Å². The van der Waals surface area contributed by atoms with Crippen LogP contribution in [0.1, 0.15) is 33.6 Å². The molecule has 2 aliphatic carbocycles. The molecule has 0 aromatic rings. The summed E-state index contributed by atoms with van der Waals surface area (Å²) in [7, 11) is 0. The fourth-order valence-corrected chi connectivity index (χ4v) is 3.22. The van der Waals surface area contributed by atoms with Gasteiger partial charge in [-0.25, -0.2) is 0 Å². The minimum Gasteiger partial charge on any atom is -0.549 e. The maximum absolute atomic E-state index is 11.8. The molecule has 2 rings (SSSR count). The Balaban J connectivity index is 0.00000128. The monoisotopic (exact) mass is 232 g/mol. The molecule has 5 heteroatoms. The van der Waals surface area contributed by atoms with Gasteiger partial charge in [-0.3, -0.25) is 9.59 Å². The largest absolute Gasteiger partial charge is 1.00 e. The van der Waals surface area contributed by atoms with E-state index in [1.807, 2.05) is 0 Å². The number of hydrogen-bond donors (Lipinski definition) is 0. The molecule has 2 aliphatic rings. The van der Waals surface area contributed by atoms with Gasteiger partial charge in [0.2, 0.25) is 11.6 Å². The molecule has 0 N–H and O–H groups in total. The second-order valence-electron chi connectivity index (χ2n) is 5.31. The topological polar surface area (TPSA) is 74.3 Å². The first kappa shape index (κ1) is 13.9. The van der Waals surface area contributed by atoms with Crippen molar-refractivity contribution in [2.75, 3.05) is 0 Å². The average molecular weight is 232 g/mol. The first-order valence-electron chi connectivity index (χ1n) is 5.02. The standard InChI is InChI=1S/C11H14O4.Na/c1-9(2)10(3)4-5-11(9,8(14)15)7(13)6(10)12;/h4-5H2,1-3H3,(H,14,15);/q;+1/p-1. The van der Waals surface area contributed by atoms with Crippen LogP contribution in [-0.4, -0.2) is 17.5 Å². The summed E-state index contributed by atoms with van der Waals surface area (Å²) in [6.45, 7) is 5.04. The summed E-state index contributed by atoms with van der Waals surface area (Å²) in [5.41, 5.74) is -3.25. The molecule has 0 saturated heterocycles. The Morgan fingerprint density at radius 2 is 1.62 bits per heavy atom. The Bertz CT molecular complexity index is 401. The van der Waals surface area contributed by atoms with Crippen LogP contribution in [0.25, 0.3) is 0 Å². The summed E-state index contributed by atoms with van der Waals surface area (Å²) in [5, 5.41) is 11.2.